The molecule has 1 unspecified atom stereocenters. The summed E-state index contributed by atoms with van der Waals surface area (Å²) in [5, 5.41) is 0. The van der Waals surface area contributed by atoms with E-state index in [4.69, 9.17) is 10.5 Å². The molecule has 0 bridgehead atoms. The van der Waals surface area contributed by atoms with Gasteiger partial charge in [-0.05, 0) is 15.9 Å². The monoisotopic (exact) mass is 353 g/mol. The summed E-state index contributed by atoms with van der Waals surface area (Å²) in [6.07, 6.45) is 3.64. The highest BCUT2D eigenvalue weighted by atomic mass is 79.9. The zero-order chi connectivity index (χ0) is 15.0. The zero-order valence-electron chi connectivity index (χ0n) is 11.6. The molecule has 2 aromatic rings. The first-order chi connectivity index (χ1) is 10.1. The molecule has 1 fully saturated rings. The number of hydrogen-bond donors (Lipinski definition) is 1. The van der Waals surface area contributed by atoms with Crippen LogP contribution < -0.4 is 5.73 Å². The lowest BCUT2D eigenvalue weighted by Gasteiger charge is -2.32. The van der Waals surface area contributed by atoms with Gasteiger partial charge in [0.1, 0.15) is 22.0 Å². The van der Waals surface area contributed by atoms with E-state index in [2.05, 4.69) is 25.9 Å². The van der Waals surface area contributed by atoms with Gasteiger partial charge in [0.2, 0.25) is 5.91 Å². The Morgan fingerprint density at radius 2 is 2.43 bits per heavy atom. The van der Waals surface area contributed by atoms with Gasteiger partial charge in [-0.25, -0.2) is 9.97 Å². The minimum atomic E-state index is -0.269. The SMILES string of the molecule is CCC(=O)N1CCOC(c2nc(Br)c3c(N)nccn23)C1. The van der Waals surface area contributed by atoms with Crippen molar-refractivity contribution in [3.8, 4) is 0 Å². The van der Waals surface area contributed by atoms with Crippen molar-refractivity contribution in [3.63, 3.8) is 0 Å². The van der Waals surface area contributed by atoms with Crippen LogP contribution in [0.1, 0.15) is 25.3 Å². The number of rotatable bonds is 2. The molecule has 0 spiro atoms. The third-order valence-electron chi connectivity index (χ3n) is 3.58. The number of halogens is 1. The van der Waals surface area contributed by atoms with Gasteiger partial charge in [-0.2, -0.15) is 0 Å². The molecule has 21 heavy (non-hydrogen) atoms. The first-order valence-corrected chi connectivity index (χ1v) is 7.58. The highest BCUT2D eigenvalue weighted by molar-refractivity contribution is 9.10. The molecule has 0 radical (unpaired) electrons. The third kappa shape index (κ3) is 2.49. The van der Waals surface area contributed by atoms with Gasteiger partial charge in [0.15, 0.2) is 5.82 Å². The van der Waals surface area contributed by atoms with Crippen LogP contribution in [0.5, 0.6) is 0 Å². The van der Waals surface area contributed by atoms with Gasteiger partial charge in [-0.3, -0.25) is 9.20 Å². The molecule has 3 heterocycles. The van der Waals surface area contributed by atoms with E-state index in [1.54, 1.807) is 12.4 Å². The molecule has 0 aliphatic carbocycles. The van der Waals surface area contributed by atoms with E-state index in [0.29, 0.717) is 36.5 Å². The van der Waals surface area contributed by atoms with Crippen molar-refractivity contribution >= 4 is 33.2 Å². The van der Waals surface area contributed by atoms with Crippen LogP contribution in [0.4, 0.5) is 5.82 Å². The summed E-state index contributed by atoms with van der Waals surface area (Å²) in [6.45, 7) is 3.49. The molecule has 2 aromatic heterocycles. The number of hydrogen-bond acceptors (Lipinski definition) is 5. The molecule has 1 amide bonds. The number of carbonyl (C=O) groups is 1. The standard InChI is InChI=1S/C13H16BrN5O2/c1-2-9(20)18-5-6-21-8(7-18)13-17-11(14)10-12(15)16-3-4-19(10)13/h3-4,8H,2,5-7H2,1H3,(H2,15,16). The van der Waals surface area contributed by atoms with Crippen molar-refractivity contribution < 1.29 is 9.53 Å². The second-order valence-corrected chi connectivity index (χ2v) is 5.60. The van der Waals surface area contributed by atoms with Crippen molar-refractivity contribution in [1.29, 1.82) is 0 Å². The normalized spacial score (nSPS) is 19.1. The molecule has 2 N–H and O–H groups in total. The molecule has 1 aliphatic rings. The Morgan fingerprint density at radius 3 is 3.19 bits per heavy atom. The smallest absolute Gasteiger partial charge is 0.222 e. The number of carbonyl (C=O) groups excluding carboxylic acids is 1. The number of imidazole rings is 1. The first kappa shape index (κ1) is 14.3. The van der Waals surface area contributed by atoms with Gasteiger partial charge in [-0.15, -0.1) is 0 Å². The predicted octanol–water partition coefficient (Wildman–Crippen LogP) is 1.38. The maximum Gasteiger partial charge on any atom is 0.222 e. The number of nitrogen functional groups attached to an aromatic ring is 1. The molecule has 0 aromatic carbocycles. The van der Waals surface area contributed by atoms with Crippen molar-refractivity contribution in [2.75, 3.05) is 25.4 Å². The minimum Gasteiger partial charge on any atom is -0.382 e. The molecule has 1 saturated heterocycles. The lowest BCUT2D eigenvalue weighted by molar-refractivity contribution is -0.139. The zero-order valence-corrected chi connectivity index (χ0v) is 13.2. The summed E-state index contributed by atoms with van der Waals surface area (Å²) in [4.78, 5) is 22.2. The Hall–Kier alpha value is -1.67. The molecular formula is C13H16BrN5O2. The summed E-state index contributed by atoms with van der Waals surface area (Å²) < 4.78 is 8.28. The Morgan fingerprint density at radius 1 is 1.62 bits per heavy atom. The summed E-state index contributed by atoms with van der Waals surface area (Å²) in [7, 11) is 0. The molecule has 112 valence electrons. The van der Waals surface area contributed by atoms with Crippen LogP contribution in [-0.2, 0) is 9.53 Å². The summed E-state index contributed by atoms with van der Waals surface area (Å²) >= 11 is 3.40. The quantitative estimate of drug-likeness (QED) is 0.881. The van der Waals surface area contributed by atoms with Crippen molar-refractivity contribution in [1.82, 2.24) is 19.3 Å². The molecule has 1 aliphatic heterocycles. The molecule has 1 atom stereocenters. The number of amides is 1. The Kier molecular flexibility index (Phi) is 3.81. The lowest BCUT2D eigenvalue weighted by Crippen LogP contribution is -2.42. The Labute approximate surface area is 130 Å². The fourth-order valence-electron chi connectivity index (χ4n) is 2.53. The number of ether oxygens (including phenoxy) is 1. The van der Waals surface area contributed by atoms with E-state index < -0.39 is 0 Å². The minimum absolute atomic E-state index is 0.129. The van der Waals surface area contributed by atoms with E-state index >= 15 is 0 Å². The van der Waals surface area contributed by atoms with Crippen molar-refractivity contribution in [2.45, 2.75) is 19.4 Å². The average Bonchev–Trinajstić information content (AvgIpc) is 2.85. The predicted molar refractivity (Wildman–Crippen MR) is 80.7 cm³/mol. The largest absolute Gasteiger partial charge is 0.382 e. The number of aromatic nitrogens is 3. The van der Waals surface area contributed by atoms with Crippen LogP contribution in [0, 0.1) is 0 Å². The summed E-state index contributed by atoms with van der Waals surface area (Å²) in [5.74, 6) is 1.25. The van der Waals surface area contributed by atoms with Crippen molar-refractivity contribution in [3.05, 3.63) is 22.8 Å². The molecule has 3 rings (SSSR count). The maximum absolute atomic E-state index is 11.9. The van der Waals surface area contributed by atoms with Gasteiger partial charge in [0.05, 0.1) is 13.2 Å². The number of fused-ring (bicyclic) bond motifs is 1. The number of nitrogens with two attached hydrogens (primary N) is 1. The number of morpholine rings is 1. The maximum atomic E-state index is 11.9. The third-order valence-corrected chi connectivity index (χ3v) is 4.13. The lowest BCUT2D eigenvalue weighted by atomic mass is 10.2. The molecular weight excluding hydrogens is 338 g/mol. The Balaban J connectivity index is 1.97. The van der Waals surface area contributed by atoms with Crippen LogP contribution >= 0.6 is 15.9 Å². The average molecular weight is 354 g/mol. The topological polar surface area (TPSA) is 85.8 Å². The van der Waals surface area contributed by atoms with Crippen LogP contribution in [0.25, 0.3) is 5.52 Å². The fraction of sp³-hybridized carbons (Fsp3) is 0.462. The van der Waals surface area contributed by atoms with Crippen LogP contribution in [-0.4, -0.2) is 44.9 Å². The summed E-state index contributed by atoms with van der Waals surface area (Å²) in [5.41, 5.74) is 6.61. The second kappa shape index (κ2) is 5.61. The van der Waals surface area contributed by atoms with E-state index in [1.165, 1.54) is 0 Å². The van der Waals surface area contributed by atoms with Crippen molar-refractivity contribution in [2.24, 2.45) is 0 Å². The van der Waals surface area contributed by atoms with Gasteiger partial charge in [0.25, 0.3) is 0 Å². The Bertz CT molecular complexity index is 686. The van der Waals surface area contributed by atoms with Crippen LogP contribution in [0.3, 0.4) is 0 Å². The number of nitrogens with zero attached hydrogens (tertiary/aromatic N) is 4. The highest BCUT2D eigenvalue weighted by Crippen LogP contribution is 2.29. The second-order valence-electron chi connectivity index (χ2n) is 4.84. The fourth-order valence-corrected chi connectivity index (χ4v) is 3.10. The van der Waals surface area contributed by atoms with Gasteiger partial charge in [0, 0.05) is 25.4 Å². The van der Waals surface area contributed by atoms with E-state index in [9.17, 15) is 4.79 Å². The molecule has 8 heteroatoms. The van der Waals surface area contributed by atoms with Crippen LogP contribution in [0.2, 0.25) is 0 Å². The highest BCUT2D eigenvalue weighted by Gasteiger charge is 2.28. The number of anilines is 1. The van der Waals surface area contributed by atoms with E-state index in [-0.39, 0.29) is 12.0 Å². The van der Waals surface area contributed by atoms with Gasteiger partial charge >= 0.3 is 0 Å². The van der Waals surface area contributed by atoms with E-state index in [1.807, 2.05) is 16.2 Å². The van der Waals surface area contributed by atoms with Crippen LogP contribution in [0.15, 0.2) is 17.0 Å². The van der Waals surface area contributed by atoms with Gasteiger partial charge < -0.3 is 15.4 Å². The van der Waals surface area contributed by atoms with E-state index in [0.717, 1.165) is 11.3 Å². The first-order valence-electron chi connectivity index (χ1n) is 6.79. The summed E-state index contributed by atoms with van der Waals surface area (Å²) in [6, 6.07) is 0. The molecule has 7 nitrogen and oxygen atoms in total. The molecule has 0 saturated carbocycles. The van der Waals surface area contributed by atoms with Gasteiger partial charge in [-0.1, -0.05) is 6.92 Å².